The Labute approximate surface area is 130 Å². The summed E-state index contributed by atoms with van der Waals surface area (Å²) in [6.45, 7) is 2.77. The number of imidazole rings is 1. The first kappa shape index (κ1) is 14.0. The number of fused-ring (bicyclic) bond motifs is 3. The Morgan fingerprint density at radius 2 is 2.36 bits per heavy atom. The van der Waals surface area contributed by atoms with Gasteiger partial charge in [-0.05, 0) is 31.3 Å². The summed E-state index contributed by atoms with van der Waals surface area (Å²) in [7, 11) is 0. The molecule has 1 fully saturated rings. The topological polar surface area (TPSA) is 63.0 Å². The Balaban J connectivity index is 2.03. The van der Waals surface area contributed by atoms with E-state index in [4.69, 9.17) is 0 Å². The summed E-state index contributed by atoms with van der Waals surface area (Å²) < 4.78 is 17.4. The van der Waals surface area contributed by atoms with E-state index >= 15 is 0 Å². The molecule has 0 spiro atoms. The van der Waals surface area contributed by atoms with E-state index in [0.717, 1.165) is 27.8 Å². The van der Waals surface area contributed by atoms with Gasteiger partial charge < -0.3 is 15.0 Å². The van der Waals surface area contributed by atoms with Crippen LogP contribution >= 0.6 is 11.3 Å². The minimum absolute atomic E-state index is 0.302. The van der Waals surface area contributed by atoms with Gasteiger partial charge in [0, 0.05) is 6.54 Å². The SMILES string of the molecule is C[C@@H](O)c1nc2cnc3ccsc3c2n1[C@@H]1CCNCC1F. The highest BCUT2D eigenvalue weighted by molar-refractivity contribution is 7.18. The Morgan fingerprint density at radius 3 is 3.14 bits per heavy atom. The maximum Gasteiger partial charge on any atom is 0.139 e. The summed E-state index contributed by atoms with van der Waals surface area (Å²) in [5.41, 5.74) is 2.50. The van der Waals surface area contributed by atoms with E-state index in [0.29, 0.717) is 18.8 Å². The van der Waals surface area contributed by atoms with Crippen LogP contribution in [0.3, 0.4) is 0 Å². The molecule has 4 rings (SSSR count). The molecular formula is C15H17FN4OS. The molecule has 116 valence electrons. The molecular weight excluding hydrogens is 303 g/mol. The number of rotatable bonds is 2. The summed E-state index contributed by atoms with van der Waals surface area (Å²) in [4.78, 5) is 8.92. The number of hydrogen-bond acceptors (Lipinski definition) is 5. The van der Waals surface area contributed by atoms with Crippen LogP contribution in [0, 0.1) is 0 Å². The Hall–Kier alpha value is -1.57. The van der Waals surface area contributed by atoms with Crippen LogP contribution in [0.5, 0.6) is 0 Å². The number of pyridine rings is 1. The summed E-state index contributed by atoms with van der Waals surface area (Å²) in [6, 6.07) is 1.65. The molecule has 1 unspecified atom stereocenters. The summed E-state index contributed by atoms with van der Waals surface area (Å²) in [5, 5.41) is 15.2. The molecule has 0 aromatic carbocycles. The Bertz CT molecular complexity index is 828. The van der Waals surface area contributed by atoms with Crippen molar-refractivity contribution in [3.63, 3.8) is 0 Å². The first-order chi connectivity index (χ1) is 10.7. The molecule has 0 amide bonds. The smallest absolute Gasteiger partial charge is 0.139 e. The first-order valence-electron chi connectivity index (χ1n) is 7.43. The zero-order valence-corrected chi connectivity index (χ0v) is 13.0. The zero-order valence-electron chi connectivity index (χ0n) is 12.2. The molecule has 1 aliphatic rings. The Morgan fingerprint density at radius 1 is 1.50 bits per heavy atom. The number of alkyl halides is 1. The molecule has 3 atom stereocenters. The second-order valence-corrected chi connectivity index (χ2v) is 6.64. The van der Waals surface area contributed by atoms with Gasteiger partial charge in [-0.2, -0.15) is 0 Å². The van der Waals surface area contributed by atoms with Crippen LogP contribution in [-0.4, -0.2) is 38.9 Å². The number of aliphatic hydroxyl groups is 1. The van der Waals surface area contributed by atoms with E-state index in [9.17, 15) is 9.50 Å². The van der Waals surface area contributed by atoms with Gasteiger partial charge in [-0.25, -0.2) is 9.37 Å². The molecule has 7 heteroatoms. The van der Waals surface area contributed by atoms with Crippen LogP contribution in [0.15, 0.2) is 17.6 Å². The quantitative estimate of drug-likeness (QED) is 0.762. The average Bonchev–Trinajstić information content (AvgIpc) is 3.11. The lowest BCUT2D eigenvalue weighted by Crippen LogP contribution is -2.39. The van der Waals surface area contributed by atoms with Gasteiger partial charge in [0.1, 0.15) is 23.6 Å². The number of piperidine rings is 1. The number of aliphatic hydroxyl groups excluding tert-OH is 1. The van der Waals surface area contributed by atoms with Crippen molar-refractivity contribution < 1.29 is 9.50 Å². The maximum absolute atomic E-state index is 14.5. The van der Waals surface area contributed by atoms with Crippen molar-refractivity contribution in [1.82, 2.24) is 19.9 Å². The molecule has 5 nitrogen and oxygen atoms in total. The fourth-order valence-electron chi connectivity index (χ4n) is 3.22. The second kappa shape index (κ2) is 5.26. The lowest BCUT2D eigenvalue weighted by atomic mass is 10.0. The third kappa shape index (κ3) is 2.04. The predicted octanol–water partition coefficient (Wildman–Crippen LogP) is 2.57. The second-order valence-electron chi connectivity index (χ2n) is 5.72. The van der Waals surface area contributed by atoms with Crippen molar-refractivity contribution >= 4 is 32.6 Å². The van der Waals surface area contributed by atoms with E-state index in [2.05, 4.69) is 15.3 Å². The molecule has 0 radical (unpaired) electrons. The minimum atomic E-state index is -0.994. The third-order valence-electron chi connectivity index (χ3n) is 4.23. The van der Waals surface area contributed by atoms with E-state index in [1.807, 2.05) is 16.0 Å². The Kier molecular flexibility index (Phi) is 3.36. The fraction of sp³-hybridized carbons (Fsp3) is 0.467. The summed E-state index contributed by atoms with van der Waals surface area (Å²) in [6.07, 6.45) is 0.652. The van der Waals surface area contributed by atoms with Gasteiger partial charge in [0.15, 0.2) is 0 Å². The van der Waals surface area contributed by atoms with Gasteiger partial charge in [0.25, 0.3) is 0 Å². The number of aromatic nitrogens is 3. The van der Waals surface area contributed by atoms with E-state index < -0.39 is 12.3 Å². The van der Waals surface area contributed by atoms with Crippen LogP contribution in [-0.2, 0) is 0 Å². The number of nitrogens with one attached hydrogen (secondary N) is 1. The highest BCUT2D eigenvalue weighted by atomic mass is 32.1. The highest BCUT2D eigenvalue weighted by Crippen LogP contribution is 2.35. The molecule has 3 aromatic rings. The fourth-order valence-corrected chi connectivity index (χ4v) is 4.11. The number of halogens is 1. The normalized spacial score (nSPS) is 24.1. The van der Waals surface area contributed by atoms with Crippen molar-refractivity contribution in [3.05, 3.63) is 23.5 Å². The van der Waals surface area contributed by atoms with Gasteiger partial charge in [-0.3, -0.25) is 4.98 Å². The summed E-state index contributed by atoms with van der Waals surface area (Å²) in [5.74, 6) is 0.521. The first-order valence-corrected chi connectivity index (χ1v) is 8.31. The third-order valence-corrected chi connectivity index (χ3v) is 5.14. The van der Waals surface area contributed by atoms with Crippen molar-refractivity contribution in [2.75, 3.05) is 13.1 Å². The van der Waals surface area contributed by atoms with Crippen LogP contribution < -0.4 is 5.32 Å². The number of hydrogen-bond donors (Lipinski definition) is 2. The minimum Gasteiger partial charge on any atom is -0.385 e. The standard InChI is InChI=1S/C15H17FN4OS/c1-8(21)15-19-11-7-18-10-3-5-22-14(10)13(11)20(15)12-2-4-17-6-9(12)16/h3,5,7-9,12,17,21H,2,4,6H2,1H3/t8-,9?,12-/m1/s1. The number of nitrogens with zero attached hydrogens (tertiary/aromatic N) is 3. The van der Waals surface area contributed by atoms with Gasteiger partial charge >= 0.3 is 0 Å². The van der Waals surface area contributed by atoms with Crippen molar-refractivity contribution in [1.29, 1.82) is 0 Å². The highest BCUT2D eigenvalue weighted by Gasteiger charge is 2.31. The molecule has 0 bridgehead atoms. The van der Waals surface area contributed by atoms with Gasteiger partial charge in [-0.15, -0.1) is 11.3 Å². The van der Waals surface area contributed by atoms with E-state index in [1.165, 1.54) is 0 Å². The molecule has 2 N–H and O–H groups in total. The van der Waals surface area contributed by atoms with E-state index in [1.54, 1.807) is 24.5 Å². The molecule has 0 saturated carbocycles. The van der Waals surface area contributed by atoms with Crippen molar-refractivity contribution in [3.8, 4) is 0 Å². The largest absolute Gasteiger partial charge is 0.385 e. The lowest BCUT2D eigenvalue weighted by Gasteiger charge is -2.30. The van der Waals surface area contributed by atoms with E-state index in [-0.39, 0.29) is 6.04 Å². The van der Waals surface area contributed by atoms with Crippen LogP contribution in [0.4, 0.5) is 4.39 Å². The average molecular weight is 320 g/mol. The van der Waals surface area contributed by atoms with Crippen LogP contribution in [0.2, 0.25) is 0 Å². The monoisotopic (exact) mass is 320 g/mol. The summed E-state index contributed by atoms with van der Waals surface area (Å²) >= 11 is 1.58. The van der Waals surface area contributed by atoms with Gasteiger partial charge in [0.05, 0.1) is 28.0 Å². The van der Waals surface area contributed by atoms with Crippen LogP contribution in [0.25, 0.3) is 21.3 Å². The van der Waals surface area contributed by atoms with Gasteiger partial charge in [-0.1, -0.05) is 0 Å². The molecule has 4 heterocycles. The lowest BCUT2D eigenvalue weighted by molar-refractivity contribution is 0.153. The number of thiophene rings is 1. The molecule has 0 aliphatic carbocycles. The predicted molar refractivity (Wildman–Crippen MR) is 85.0 cm³/mol. The van der Waals surface area contributed by atoms with Gasteiger partial charge in [0.2, 0.25) is 0 Å². The molecule has 1 aliphatic heterocycles. The zero-order chi connectivity index (χ0) is 15.3. The molecule has 1 saturated heterocycles. The molecule has 22 heavy (non-hydrogen) atoms. The van der Waals surface area contributed by atoms with Crippen molar-refractivity contribution in [2.45, 2.75) is 31.7 Å². The van der Waals surface area contributed by atoms with Crippen molar-refractivity contribution in [2.24, 2.45) is 0 Å². The van der Waals surface area contributed by atoms with Crippen LogP contribution in [0.1, 0.15) is 31.3 Å². The maximum atomic E-state index is 14.5. The molecule has 3 aromatic heterocycles.